The number of aromatic nitrogens is 1. The van der Waals surface area contributed by atoms with Crippen LogP contribution in [0.1, 0.15) is 37.6 Å². The summed E-state index contributed by atoms with van der Waals surface area (Å²) in [5, 5.41) is 9.28. The molecular formula is C10H14F3NOS. The number of hydrogen-bond acceptors (Lipinski definition) is 3. The van der Waals surface area contributed by atoms with Crippen molar-refractivity contribution in [2.24, 2.45) is 5.41 Å². The van der Waals surface area contributed by atoms with Crippen molar-refractivity contribution in [3.63, 3.8) is 0 Å². The van der Waals surface area contributed by atoms with Crippen molar-refractivity contribution >= 4 is 11.3 Å². The standard InChI is InChI=1S/C10H14F3NOS/c1-8(2,3)9(4,15)6-5-14-7(16-6)10(11,12)13/h5,15H,1-4H3. The van der Waals surface area contributed by atoms with Gasteiger partial charge in [-0.2, -0.15) is 13.2 Å². The fraction of sp³-hybridized carbons (Fsp3) is 0.700. The highest BCUT2D eigenvalue weighted by Gasteiger charge is 2.41. The van der Waals surface area contributed by atoms with E-state index in [0.717, 1.165) is 6.20 Å². The first-order valence-electron chi connectivity index (χ1n) is 4.72. The van der Waals surface area contributed by atoms with Gasteiger partial charge in [0.05, 0.1) is 4.88 Å². The quantitative estimate of drug-likeness (QED) is 0.832. The molecule has 0 saturated carbocycles. The second kappa shape index (κ2) is 3.70. The summed E-state index contributed by atoms with van der Waals surface area (Å²) in [6.07, 6.45) is -3.35. The van der Waals surface area contributed by atoms with Gasteiger partial charge in [0.15, 0.2) is 5.01 Å². The lowest BCUT2D eigenvalue weighted by Gasteiger charge is -2.35. The molecule has 6 heteroatoms. The summed E-state index contributed by atoms with van der Waals surface area (Å²) in [5.41, 5.74) is -1.88. The van der Waals surface area contributed by atoms with E-state index in [-0.39, 0.29) is 4.88 Å². The maximum absolute atomic E-state index is 12.4. The smallest absolute Gasteiger partial charge is 0.384 e. The Kier molecular flexibility index (Phi) is 3.11. The van der Waals surface area contributed by atoms with Gasteiger partial charge in [-0.3, -0.25) is 0 Å². The van der Waals surface area contributed by atoms with Gasteiger partial charge in [-0.1, -0.05) is 20.8 Å². The van der Waals surface area contributed by atoms with E-state index in [2.05, 4.69) is 4.98 Å². The molecule has 0 saturated heterocycles. The molecule has 0 aliphatic carbocycles. The van der Waals surface area contributed by atoms with E-state index in [1.165, 1.54) is 6.92 Å². The monoisotopic (exact) mass is 253 g/mol. The zero-order valence-electron chi connectivity index (χ0n) is 9.51. The molecule has 0 amide bonds. The third-order valence-corrected chi connectivity index (χ3v) is 3.94. The largest absolute Gasteiger partial charge is 0.443 e. The Hall–Kier alpha value is -0.620. The SMILES string of the molecule is CC(C)(C)C(C)(O)c1cnc(C(F)(F)F)s1. The number of rotatable bonds is 1. The van der Waals surface area contributed by atoms with Crippen LogP contribution in [0.3, 0.4) is 0 Å². The molecule has 1 rings (SSSR count). The van der Waals surface area contributed by atoms with Crippen LogP contribution in [-0.2, 0) is 11.8 Å². The topological polar surface area (TPSA) is 33.1 Å². The second-order valence-corrected chi connectivity index (χ2v) is 5.88. The van der Waals surface area contributed by atoms with Gasteiger partial charge in [-0.25, -0.2) is 4.98 Å². The number of thiazole rings is 1. The number of alkyl halides is 3. The lowest BCUT2D eigenvalue weighted by Crippen LogP contribution is -2.36. The molecule has 1 heterocycles. The molecular weight excluding hydrogens is 239 g/mol. The van der Waals surface area contributed by atoms with Gasteiger partial charge in [0.2, 0.25) is 0 Å². The van der Waals surface area contributed by atoms with Crippen LogP contribution < -0.4 is 0 Å². The Morgan fingerprint density at radius 1 is 1.19 bits per heavy atom. The Bertz CT molecular complexity index is 376. The van der Waals surface area contributed by atoms with Crippen LogP contribution in [0.2, 0.25) is 0 Å². The molecule has 16 heavy (non-hydrogen) atoms. The predicted molar refractivity (Wildman–Crippen MR) is 56.1 cm³/mol. The molecule has 1 N–H and O–H groups in total. The normalized spacial score (nSPS) is 17.2. The van der Waals surface area contributed by atoms with Gasteiger partial charge in [-0.05, 0) is 12.3 Å². The predicted octanol–water partition coefficient (Wildman–Crippen LogP) is 3.42. The van der Waals surface area contributed by atoms with E-state index in [1.54, 1.807) is 20.8 Å². The van der Waals surface area contributed by atoms with E-state index in [1.807, 2.05) is 0 Å². The second-order valence-electron chi connectivity index (χ2n) is 4.85. The van der Waals surface area contributed by atoms with Crippen LogP contribution in [0.4, 0.5) is 13.2 Å². The van der Waals surface area contributed by atoms with Crippen LogP contribution in [0.15, 0.2) is 6.20 Å². The Labute approximate surface area is 96.1 Å². The summed E-state index contributed by atoms with van der Waals surface area (Å²) in [6, 6.07) is 0. The highest BCUT2D eigenvalue weighted by molar-refractivity contribution is 7.11. The minimum atomic E-state index is -4.45. The van der Waals surface area contributed by atoms with Crippen molar-refractivity contribution in [2.45, 2.75) is 39.5 Å². The van der Waals surface area contributed by atoms with Crippen molar-refractivity contribution in [1.29, 1.82) is 0 Å². The lowest BCUT2D eigenvalue weighted by molar-refractivity contribution is -0.137. The molecule has 0 aliphatic rings. The van der Waals surface area contributed by atoms with Crippen molar-refractivity contribution in [3.8, 4) is 0 Å². The van der Waals surface area contributed by atoms with Gasteiger partial charge in [-0.15, -0.1) is 11.3 Å². The van der Waals surface area contributed by atoms with E-state index in [0.29, 0.717) is 11.3 Å². The van der Waals surface area contributed by atoms with Gasteiger partial charge in [0.25, 0.3) is 0 Å². The zero-order chi connectivity index (χ0) is 12.8. The number of nitrogens with zero attached hydrogens (tertiary/aromatic N) is 1. The molecule has 0 bridgehead atoms. The first-order valence-corrected chi connectivity index (χ1v) is 5.54. The summed E-state index contributed by atoms with van der Waals surface area (Å²) in [6.45, 7) is 6.79. The van der Waals surface area contributed by atoms with E-state index in [4.69, 9.17) is 0 Å². The first kappa shape index (κ1) is 13.4. The fourth-order valence-electron chi connectivity index (χ4n) is 1.000. The minimum absolute atomic E-state index is 0.229. The van der Waals surface area contributed by atoms with Crippen molar-refractivity contribution in [3.05, 3.63) is 16.1 Å². The molecule has 1 aromatic heterocycles. The summed E-state index contributed by atoms with van der Waals surface area (Å²) >= 11 is 0.488. The Morgan fingerprint density at radius 2 is 1.69 bits per heavy atom. The van der Waals surface area contributed by atoms with Crippen molar-refractivity contribution in [1.82, 2.24) is 4.98 Å². The maximum atomic E-state index is 12.4. The molecule has 1 unspecified atom stereocenters. The highest BCUT2D eigenvalue weighted by Crippen LogP contribution is 2.43. The van der Waals surface area contributed by atoms with Crippen LogP contribution in [0.5, 0.6) is 0 Å². The molecule has 2 nitrogen and oxygen atoms in total. The molecule has 1 atom stereocenters. The average Bonchev–Trinajstić information content (AvgIpc) is 2.47. The van der Waals surface area contributed by atoms with Crippen molar-refractivity contribution in [2.75, 3.05) is 0 Å². The fourth-order valence-corrected chi connectivity index (χ4v) is 2.04. The molecule has 0 aliphatic heterocycles. The van der Waals surface area contributed by atoms with Gasteiger partial charge >= 0.3 is 6.18 Å². The number of hydrogen-bond donors (Lipinski definition) is 1. The van der Waals surface area contributed by atoms with Gasteiger partial charge < -0.3 is 5.11 Å². The highest BCUT2D eigenvalue weighted by atomic mass is 32.1. The van der Waals surface area contributed by atoms with Crippen molar-refractivity contribution < 1.29 is 18.3 Å². The maximum Gasteiger partial charge on any atom is 0.443 e. The average molecular weight is 253 g/mol. The van der Waals surface area contributed by atoms with Crippen LogP contribution in [0.25, 0.3) is 0 Å². The Morgan fingerprint density at radius 3 is 2.00 bits per heavy atom. The summed E-state index contributed by atoms with van der Waals surface area (Å²) in [5.74, 6) is 0. The molecule has 92 valence electrons. The summed E-state index contributed by atoms with van der Waals surface area (Å²) < 4.78 is 37.1. The van der Waals surface area contributed by atoms with E-state index in [9.17, 15) is 18.3 Å². The van der Waals surface area contributed by atoms with Gasteiger partial charge in [0.1, 0.15) is 5.60 Å². The summed E-state index contributed by atoms with van der Waals surface area (Å²) in [7, 11) is 0. The number of aliphatic hydroxyl groups is 1. The molecule has 0 spiro atoms. The molecule has 0 fully saturated rings. The minimum Gasteiger partial charge on any atom is -0.384 e. The summed E-state index contributed by atoms with van der Waals surface area (Å²) in [4.78, 5) is 3.53. The van der Waals surface area contributed by atoms with Crippen LogP contribution >= 0.6 is 11.3 Å². The lowest BCUT2D eigenvalue weighted by atomic mass is 9.77. The van der Waals surface area contributed by atoms with Crippen LogP contribution in [0, 0.1) is 5.41 Å². The van der Waals surface area contributed by atoms with E-state index >= 15 is 0 Å². The third kappa shape index (κ3) is 2.38. The molecule has 1 aromatic rings. The zero-order valence-corrected chi connectivity index (χ0v) is 10.3. The molecule has 0 radical (unpaired) electrons. The third-order valence-electron chi connectivity index (χ3n) is 2.69. The first-order chi connectivity index (χ1) is 6.96. The molecule has 0 aromatic carbocycles. The van der Waals surface area contributed by atoms with E-state index < -0.39 is 22.2 Å². The number of halogens is 3. The van der Waals surface area contributed by atoms with Crippen LogP contribution in [-0.4, -0.2) is 10.1 Å². The van der Waals surface area contributed by atoms with Gasteiger partial charge in [0, 0.05) is 6.20 Å². The Balaban J connectivity index is 3.13.